The van der Waals surface area contributed by atoms with Crippen LogP contribution in [0.2, 0.25) is 0 Å². The fraction of sp³-hybridized carbons (Fsp3) is 0.316. The second kappa shape index (κ2) is 6.84. The van der Waals surface area contributed by atoms with Crippen LogP contribution >= 0.6 is 0 Å². The van der Waals surface area contributed by atoms with Crippen molar-refractivity contribution < 1.29 is 9.84 Å². The summed E-state index contributed by atoms with van der Waals surface area (Å²) in [7, 11) is 0. The summed E-state index contributed by atoms with van der Waals surface area (Å²) in [5.74, 6) is 1.77. The van der Waals surface area contributed by atoms with Crippen molar-refractivity contribution in [3.8, 4) is 5.75 Å². The molecule has 2 aromatic carbocycles. The summed E-state index contributed by atoms with van der Waals surface area (Å²) < 4.78 is 8.12. The Bertz CT molecular complexity index is 808. The number of nitrogens with zero attached hydrogens (tertiary/aromatic N) is 2. The van der Waals surface area contributed by atoms with Crippen LogP contribution in [0, 0.1) is 13.8 Å². The van der Waals surface area contributed by atoms with Crippen molar-refractivity contribution in [1.29, 1.82) is 0 Å². The van der Waals surface area contributed by atoms with Crippen LogP contribution in [0.3, 0.4) is 0 Å². The van der Waals surface area contributed by atoms with Gasteiger partial charge in [0.1, 0.15) is 18.2 Å². The van der Waals surface area contributed by atoms with Crippen molar-refractivity contribution in [3.05, 3.63) is 59.4 Å². The molecular weight excluding hydrogens is 288 g/mol. The van der Waals surface area contributed by atoms with E-state index in [1.54, 1.807) is 0 Å². The van der Waals surface area contributed by atoms with Gasteiger partial charge >= 0.3 is 0 Å². The highest BCUT2D eigenvalue weighted by atomic mass is 16.5. The van der Waals surface area contributed by atoms with Gasteiger partial charge in [0.2, 0.25) is 0 Å². The molecule has 0 amide bonds. The molecule has 0 aliphatic carbocycles. The van der Waals surface area contributed by atoms with Gasteiger partial charge in [-0.05, 0) is 44.0 Å². The Morgan fingerprint density at radius 2 is 1.96 bits per heavy atom. The molecule has 4 heteroatoms. The summed E-state index contributed by atoms with van der Waals surface area (Å²) in [6, 6.07) is 14.2. The van der Waals surface area contributed by atoms with Gasteiger partial charge in [0, 0.05) is 13.2 Å². The molecule has 0 bridgehead atoms. The molecule has 0 saturated heterocycles. The van der Waals surface area contributed by atoms with Gasteiger partial charge in [0.25, 0.3) is 0 Å². The summed E-state index contributed by atoms with van der Waals surface area (Å²) in [5, 5.41) is 9.13. The van der Waals surface area contributed by atoms with Gasteiger partial charge in [-0.1, -0.05) is 29.8 Å². The minimum Gasteiger partial charge on any atom is -0.485 e. The largest absolute Gasteiger partial charge is 0.485 e. The molecule has 0 atom stereocenters. The third-order valence-electron chi connectivity index (χ3n) is 3.96. The average molecular weight is 310 g/mol. The van der Waals surface area contributed by atoms with E-state index in [4.69, 9.17) is 9.84 Å². The quantitative estimate of drug-likeness (QED) is 0.756. The fourth-order valence-electron chi connectivity index (χ4n) is 2.82. The van der Waals surface area contributed by atoms with E-state index in [0.29, 0.717) is 13.0 Å². The zero-order valence-electron chi connectivity index (χ0n) is 13.6. The van der Waals surface area contributed by atoms with Gasteiger partial charge < -0.3 is 14.4 Å². The predicted molar refractivity (Wildman–Crippen MR) is 91.7 cm³/mol. The van der Waals surface area contributed by atoms with E-state index >= 15 is 0 Å². The van der Waals surface area contributed by atoms with E-state index in [0.717, 1.165) is 34.7 Å². The van der Waals surface area contributed by atoms with Gasteiger partial charge in [-0.2, -0.15) is 0 Å². The maximum Gasteiger partial charge on any atom is 0.147 e. The second-order valence-corrected chi connectivity index (χ2v) is 5.80. The standard InChI is InChI=1S/C19H22N2O2/c1-14-8-9-18(15(2)12-14)23-13-19-20-16-6-3-4-7-17(16)21(19)10-5-11-22/h3-4,6-9,12,22H,5,10-11,13H2,1-2H3. The van der Waals surface area contributed by atoms with Crippen molar-refractivity contribution in [2.45, 2.75) is 33.4 Å². The van der Waals surface area contributed by atoms with Crippen LogP contribution in [0.1, 0.15) is 23.4 Å². The number of aryl methyl sites for hydroxylation is 3. The summed E-state index contributed by atoms with van der Waals surface area (Å²) >= 11 is 0. The topological polar surface area (TPSA) is 47.3 Å². The summed E-state index contributed by atoms with van der Waals surface area (Å²) in [6.45, 7) is 5.46. The van der Waals surface area contributed by atoms with Crippen molar-refractivity contribution in [2.24, 2.45) is 0 Å². The number of para-hydroxylation sites is 2. The van der Waals surface area contributed by atoms with Crippen LogP contribution in [0.5, 0.6) is 5.75 Å². The van der Waals surface area contributed by atoms with E-state index in [2.05, 4.69) is 41.6 Å². The lowest BCUT2D eigenvalue weighted by Crippen LogP contribution is -2.09. The number of imidazole rings is 1. The molecule has 3 aromatic rings. The average Bonchev–Trinajstić information content (AvgIpc) is 2.89. The Hall–Kier alpha value is -2.33. The minimum atomic E-state index is 0.171. The van der Waals surface area contributed by atoms with Crippen LogP contribution < -0.4 is 4.74 Å². The monoisotopic (exact) mass is 310 g/mol. The molecule has 0 saturated carbocycles. The van der Waals surface area contributed by atoms with Gasteiger partial charge in [0.05, 0.1) is 11.0 Å². The maximum absolute atomic E-state index is 9.13. The lowest BCUT2D eigenvalue weighted by Gasteiger charge is -2.11. The first kappa shape index (κ1) is 15.6. The van der Waals surface area contributed by atoms with Gasteiger partial charge in [-0.3, -0.25) is 0 Å². The number of benzene rings is 2. The lowest BCUT2D eigenvalue weighted by atomic mass is 10.1. The van der Waals surface area contributed by atoms with Crippen LogP contribution in [0.15, 0.2) is 42.5 Å². The normalized spacial score (nSPS) is 11.1. The SMILES string of the molecule is Cc1ccc(OCc2nc3ccccc3n2CCCO)c(C)c1. The fourth-order valence-corrected chi connectivity index (χ4v) is 2.82. The number of hydrogen-bond acceptors (Lipinski definition) is 3. The van der Waals surface area contributed by atoms with Crippen LogP contribution in [0.4, 0.5) is 0 Å². The molecule has 120 valence electrons. The molecule has 23 heavy (non-hydrogen) atoms. The first-order valence-corrected chi connectivity index (χ1v) is 7.94. The predicted octanol–water partition coefficient (Wildman–Crippen LogP) is 3.61. The Labute approximate surface area is 136 Å². The number of rotatable bonds is 6. The number of aliphatic hydroxyl groups is 1. The van der Waals surface area contributed by atoms with Crippen LogP contribution in [-0.4, -0.2) is 21.3 Å². The summed E-state index contributed by atoms with van der Waals surface area (Å²) in [4.78, 5) is 4.68. The van der Waals surface area contributed by atoms with Gasteiger partial charge in [-0.15, -0.1) is 0 Å². The molecule has 0 spiro atoms. The zero-order valence-corrected chi connectivity index (χ0v) is 13.6. The molecule has 0 aliphatic rings. The molecular formula is C19H22N2O2. The van der Waals surface area contributed by atoms with Crippen LogP contribution in [0.25, 0.3) is 11.0 Å². The first-order valence-electron chi connectivity index (χ1n) is 7.94. The number of fused-ring (bicyclic) bond motifs is 1. The Morgan fingerprint density at radius 1 is 1.13 bits per heavy atom. The molecule has 3 rings (SSSR count). The van der Waals surface area contributed by atoms with Crippen molar-refractivity contribution >= 4 is 11.0 Å². The molecule has 1 aromatic heterocycles. The van der Waals surface area contributed by atoms with Gasteiger partial charge in [0.15, 0.2) is 0 Å². The molecule has 1 heterocycles. The van der Waals surface area contributed by atoms with Crippen molar-refractivity contribution in [2.75, 3.05) is 6.61 Å². The highest BCUT2D eigenvalue weighted by Crippen LogP contribution is 2.22. The molecule has 0 radical (unpaired) electrons. The maximum atomic E-state index is 9.13. The minimum absolute atomic E-state index is 0.171. The zero-order chi connectivity index (χ0) is 16.2. The highest BCUT2D eigenvalue weighted by molar-refractivity contribution is 5.75. The number of aliphatic hydroxyl groups excluding tert-OH is 1. The lowest BCUT2D eigenvalue weighted by molar-refractivity contribution is 0.269. The molecule has 4 nitrogen and oxygen atoms in total. The van der Waals surface area contributed by atoms with Crippen molar-refractivity contribution in [3.63, 3.8) is 0 Å². The van der Waals surface area contributed by atoms with Gasteiger partial charge in [-0.25, -0.2) is 4.98 Å². The molecule has 0 aliphatic heterocycles. The second-order valence-electron chi connectivity index (χ2n) is 5.80. The van der Waals surface area contributed by atoms with E-state index in [9.17, 15) is 0 Å². The number of aromatic nitrogens is 2. The third-order valence-corrected chi connectivity index (χ3v) is 3.96. The number of ether oxygens (including phenoxy) is 1. The summed E-state index contributed by atoms with van der Waals surface area (Å²) in [6.07, 6.45) is 0.705. The molecule has 1 N–H and O–H groups in total. The molecule has 0 unspecified atom stereocenters. The van der Waals surface area contributed by atoms with E-state index < -0.39 is 0 Å². The van der Waals surface area contributed by atoms with Crippen molar-refractivity contribution in [1.82, 2.24) is 9.55 Å². The highest BCUT2D eigenvalue weighted by Gasteiger charge is 2.11. The van der Waals surface area contributed by atoms with E-state index in [1.807, 2.05) is 24.3 Å². The third kappa shape index (κ3) is 3.37. The van der Waals surface area contributed by atoms with Crippen LogP contribution in [-0.2, 0) is 13.2 Å². The smallest absolute Gasteiger partial charge is 0.147 e. The Kier molecular flexibility index (Phi) is 4.63. The summed E-state index contributed by atoms with van der Waals surface area (Å²) in [5.41, 5.74) is 4.40. The Balaban J connectivity index is 1.86. The number of hydrogen-bond donors (Lipinski definition) is 1. The van der Waals surface area contributed by atoms with E-state index in [-0.39, 0.29) is 6.61 Å². The van der Waals surface area contributed by atoms with E-state index in [1.165, 1.54) is 5.56 Å². The molecule has 0 fully saturated rings. The first-order chi connectivity index (χ1) is 11.2. The Morgan fingerprint density at radius 3 is 2.74 bits per heavy atom.